The lowest BCUT2D eigenvalue weighted by atomic mass is 9.93. The lowest BCUT2D eigenvalue weighted by molar-refractivity contribution is 0.0953. The van der Waals surface area contributed by atoms with Crippen LogP contribution in [0.3, 0.4) is 0 Å². The lowest BCUT2D eigenvalue weighted by Crippen LogP contribution is -2.30. The van der Waals surface area contributed by atoms with E-state index in [1.54, 1.807) is 4.68 Å². The van der Waals surface area contributed by atoms with E-state index in [9.17, 15) is 14.7 Å². The molecule has 28 heavy (non-hydrogen) atoms. The van der Waals surface area contributed by atoms with Crippen LogP contribution in [-0.2, 0) is 19.0 Å². The summed E-state index contributed by atoms with van der Waals surface area (Å²) in [6, 6.07) is 8.29. The molecule has 0 bridgehead atoms. The van der Waals surface area contributed by atoms with Gasteiger partial charge in [0.15, 0.2) is 11.4 Å². The fourth-order valence-corrected chi connectivity index (χ4v) is 3.47. The monoisotopic (exact) mass is 379 g/mol. The molecule has 3 aromatic rings. The van der Waals surface area contributed by atoms with Crippen molar-refractivity contribution in [1.29, 1.82) is 0 Å². The standard InChI is InChI=1S/C20H21N5O3/c1-21-19(28)17-18(27)16(26)11-25(23-17)12-20(6-7-20)15-5-3-4-13(8-15)14-9-22-24(2)10-14/h3-5,8-11,26H,6-7,12H2,1-2H3,(H,21,28). The smallest absolute Gasteiger partial charge is 0.275 e. The predicted octanol–water partition coefficient (Wildman–Crippen LogP) is 1.44. The van der Waals surface area contributed by atoms with E-state index in [4.69, 9.17) is 0 Å². The summed E-state index contributed by atoms with van der Waals surface area (Å²) in [5.41, 5.74) is 2.09. The van der Waals surface area contributed by atoms with Gasteiger partial charge in [0.05, 0.1) is 18.9 Å². The Balaban J connectivity index is 1.67. The molecule has 4 rings (SSSR count). The van der Waals surface area contributed by atoms with E-state index < -0.39 is 17.1 Å². The van der Waals surface area contributed by atoms with Gasteiger partial charge in [-0.2, -0.15) is 10.2 Å². The molecule has 0 unspecified atom stereocenters. The lowest BCUT2D eigenvalue weighted by Gasteiger charge is -2.18. The molecule has 1 saturated carbocycles. The number of aromatic nitrogens is 4. The van der Waals surface area contributed by atoms with Crippen molar-refractivity contribution in [3.63, 3.8) is 0 Å². The minimum Gasteiger partial charge on any atom is -0.503 e. The number of benzene rings is 1. The first-order valence-corrected chi connectivity index (χ1v) is 9.04. The van der Waals surface area contributed by atoms with Crippen molar-refractivity contribution in [3.05, 3.63) is 64.3 Å². The Kier molecular flexibility index (Phi) is 4.26. The number of aryl methyl sites for hydroxylation is 1. The molecule has 2 aromatic heterocycles. The van der Waals surface area contributed by atoms with Gasteiger partial charge >= 0.3 is 0 Å². The molecule has 0 atom stereocenters. The third-order valence-corrected chi connectivity index (χ3v) is 5.22. The molecule has 0 spiro atoms. The van der Waals surface area contributed by atoms with Gasteiger partial charge in [-0.15, -0.1) is 0 Å². The van der Waals surface area contributed by atoms with Crippen molar-refractivity contribution in [2.24, 2.45) is 7.05 Å². The number of nitrogens with one attached hydrogen (secondary N) is 1. The summed E-state index contributed by atoms with van der Waals surface area (Å²) in [6.07, 6.45) is 7.02. The van der Waals surface area contributed by atoms with Crippen LogP contribution in [0.4, 0.5) is 0 Å². The third kappa shape index (κ3) is 3.17. The van der Waals surface area contributed by atoms with Crippen LogP contribution in [0.15, 0.2) is 47.7 Å². The van der Waals surface area contributed by atoms with E-state index in [2.05, 4.69) is 27.6 Å². The van der Waals surface area contributed by atoms with Gasteiger partial charge in [-0.25, -0.2) is 0 Å². The minimum atomic E-state index is -0.765. The van der Waals surface area contributed by atoms with Gasteiger partial charge in [0.25, 0.3) is 11.3 Å². The van der Waals surface area contributed by atoms with Gasteiger partial charge in [0.1, 0.15) is 0 Å². The van der Waals surface area contributed by atoms with Crippen molar-refractivity contribution >= 4 is 5.91 Å². The van der Waals surface area contributed by atoms with Crippen LogP contribution in [-0.4, -0.2) is 37.6 Å². The van der Waals surface area contributed by atoms with Crippen molar-refractivity contribution in [1.82, 2.24) is 24.9 Å². The Morgan fingerprint density at radius 2 is 2.07 bits per heavy atom. The number of amides is 1. The zero-order valence-electron chi connectivity index (χ0n) is 15.7. The molecular formula is C20H21N5O3. The summed E-state index contributed by atoms with van der Waals surface area (Å²) in [5.74, 6) is -1.09. The average Bonchev–Trinajstić information content (AvgIpc) is 3.35. The maximum atomic E-state index is 12.0. The van der Waals surface area contributed by atoms with Gasteiger partial charge in [-0.3, -0.25) is 19.0 Å². The number of hydrogen-bond donors (Lipinski definition) is 2. The summed E-state index contributed by atoms with van der Waals surface area (Å²) in [7, 11) is 3.30. The van der Waals surface area contributed by atoms with E-state index in [0.717, 1.165) is 29.5 Å². The second-order valence-electron chi connectivity index (χ2n) is 7.23. The third-order valence-electron chi connectivity index (χ3n) is 5.22. The Labute approximate surface area is 161 Å². The molecule has 2 N–H and O–H groups in total. The Hall–Kier alpha value is -3.42. The molecule has 8 nitrogen and oxygen atoms in total. The summed E-state index contributed by atoms with van der Waals surface area (Å²) < 4.78 is 3.26. The van der Waals surface area contributed by atoms with Gasteiger partial charge in [-0.05, 0) is 24.0 Å². The number of carbonyl (C=O) groups is 1. The zero-order valence-corrected chi connectivity index (χ0v) is 15.7. The molecule has 2 heterocycles. The largest absolute Gasteiger partial charge is 0.503 e. The van der Waals surface area contributed by atoms with Crippen LogP contribution < -0.4 is 10.7 Å². The predicted molar refractivity (Wildman–Crippen MR) is 103 cm³/mol. The summed E-state index contributed by atoms with van der Waals surface area (Å²) in [6.45, 7) is 0.474. The highest BCUT2D eigenvalue weighted by molar-refractivity contribution is 5.92. The van der Waals surface area contributed by atoms with E-state index in [0.29, 0.717) is 6.54 Å². The molecule has 1 aliphatic rings. The van der Waals surface area contributed by atoms with Crippen molar-refractivity contribution in [2.45, 2.75) is 24.8 Å². The quantitative estimate of drug-likeness (QED) is 0.698. The van der Waals surface area contributed by atoms with E-state index >= 15 is 0 Å². The fraction of sp³-hybridized carbons (Fsp3) is 0.300. The van der Waals surface area contributed by atoms with Gasteiger partial charge in [0.2, 0.25) is 0 Å². The Bertz CT molecular complexity index is 1110. The van der Waals surface area contributed by atoms with Crippen molar-refractivity contribution < 1.29 is 9.90 Å². The van der Waals surface area contributed by atoms with Gasteiger partial charge < -0.3 is 10.4 Å². The first-order valence-electron chi connectivity index (χ1n) is 9.04. The topological polar surface area (TPSA) is 102 Å². The van der Waals surface area contributed by atoms with Crippen molar-refractivity contribution in [3.8, 4) is 16.9 Å². The highest BCUT2D eigenvalue weighted by atomic mass is 16.3. The second-order valence-corrected chi connectivity index (χ2v) is 7.23. The maximum absolute atomic E-state index is 12.0. The summed E-state index contributed by atoms with van der Waals surface area (Å²) >= 11 is 0. The van der Waals surface area contributed by atoms with E-state index in [1.165, 1.54) is 17.9 Å². The van der Waals surface area contributed by atoms with E-state index in [1.807, 2.05) is 31.6 Å². The number of aromatic hydroxyl groups is 1. The summed E-state index contributed by atoms with van der Waals surface area (Å²) in [4.78, 5) is 23.9. The molecule has 1 aromatic carbocycles. The van der Waals surface area contributed by atoms with Crippen LogP contribution in [0, 0.1) is 0 Å². The highest BCUT2D eigenvalue weighted by Crippen LogP contribution is 2.50. The zero-order chi connectivity index (χ0) is 19.9. The average molecular weight is 379 g/mol. The van der Waals surface area contributed by atoms with Gasteiger partial charge in [0, 0.05) is 31.3 Å². The molecule has 1 aliphatic carbocycles. The number of hydrogen-bond acceptors (Lipinski definition) is 5. The highest BCUT2D eigenvalue weighted by Gasteiger charge is 2.45. The molecule has 0 aliphatic heterocycles. The molecule has 144 valence electrons. The molecule has 1 amide bonds. The first kappa shape index (κ1) is 18.0. The van der Waals surface area contributed by atoms with Crippen LogP contribution in [0.25, 0.3) is 11.1 Å². The fourth-order valence-electron chi connectivity index (χ4n) is 3.47. The van der Waals surface area contributed by atoms with Crippen molar-refractivity contribution in [2.75, 3.05) is 7.05 Å². The summed E-state index contributed by atoms with van der Waals surface area (Å²) in [5, 5.41) is 20.7. The molecule has 8 heteroatoms. The molecule has 0 saturated heterocycles. The maximum Gasteiger partial charge on any atom is 0.275 e. The molecule has 0 radical (unpaired) electrons. The van der Waals surface area contributed by atoms with Crippen LogP contribution in [0.5, 0.6) is 5.75 Å². The number of carbonyl (C=O) groups excluding carboxylic acids is 1. The van der Waals surface area contributed by atoms with E-state index in [-0.39, 0.29) is 11.1 Å². The molecule has 1 fully saturated rings. The number of rotatable bonds is 5. The van der Waals surface area contributed by atoms with Gasteiger partial charge in [-0.1, -0.05) is 24.3 Å². The Morgan fingerprint density at radius 1 is 1.29 bits per heavy atom. The second kappa shape index (κ2) is 6.63. The Morgan fingerprint density at radius 3 is 2.71 bits per heavy atom. The SMILES string of the molecule is CNC(=O)c1nn(CC2(c3cccc(-c4cnn(C)c4)c3)CC2)cc(O)c1=O. The molecular weight excluding hydrogens is 358 g/mol. The van der Waals surface area contributed by atoms with Crippen LogP contribution >= 0.6 is 0 Å². The minimum absolute atomic E-state index is 0.132. The normalized spacial score (nSPS) is 14.6. The number of nitrogens with zero attached hydrogens (tertiary/aromatic N) is 4. The van der Waals surface area contributed by atoms with Crippen LogP contribution in [0.1, 0.15) is 28.9 Å². The van der Waals surface area contributed by atoms with Crippen LogP contribution in [0.2, 0.25) is 0 Å². The first-order chi connectivity index (χ1) is 13.4.